The van der Waals surface area contributed by atoms with Crippen molar-refractivity contribution in [1.82, 2.24) is 14.9 Å². The number of H-pyrrole nitrogens is 1. The maximum Gasteiger partial charge on any atom is 0.191 e. The van der Waals surface area contributed by atoms with E-state index in [1.807, 2.05) is 21.6 Å². The summed E-state index contributed by atoms with van der Waals surface area (Å²) in [7, 11) is 7.11. The van der Waals surface area contributed by atoms with E-state index in [-0.39, 0.29) is 58.0 Å². The van der Waals surface area contributed by atoms with Crippen LogP contribution in [0.4, 0.5) is 0 Å². The number of fused-ring (bicyclic) bond motifs is 3. The Balaban J connectivity index is 0.818. The molecule has 4 aromatic rings. The van der Waals surface area contributed by atoms with Crippen LogP contribution in [0.1, 0.15) is 166 Å². The Kier molecular flexibility index (Phi) is 12.5. The van der Waals surface area contributed by atoms with Gasteiger partial charge in [-0.3, -0.25) is 10.1 Å². The molecule has 0 saturated heterocycles. The van der Waals surface area contributed by atoms with Gasteiger partial charge in [-0.25, -0.2) is 0 Å². The number of carbonyl (C=O) groups excluding carboxylic acids is 1. The van der Waals surface area contributed by atoms with Crippen LogP contribution < -0.4 is 20.5 Å². The number of rotatable bonds is 4. The molecule has 0 radical (unpaired) electrons. The summed E-state index contributed by atoms with van der Waals surface area (Å²) in [6.07, 6.45) is 29.0. The van der Waals surface area contributed by atoms with Gasteiger partial charge in [0, 0.05) is 93.9 Å². The molecule has 8 N–H and O–H groups in total. The van der Waals surface area contributed by atoms with E-state index >= 15 is 4.79 Å². The Bertz CT molecular complexity index is 3430. The monoisotopic (exact) mass is 1150 g/mol. The molecular weight excluding hydrogens is 1080 g/mol. The van der Waals surface area contributed by atoms with E-state index in [0.29, 0.717) is 59.3 Å². The summed E-state index contributed by atoms with van der Waals surface area (Å²) in [5.74, 6) is 12.7. The number of aromatic amines is 1. The summed E-state index contributed by atoms with van der Waals surface area (Å²) in [4.78, 5) is 18.9. The van der Waals surface area contributed by atoms with Gasteiger partial charge in [-0.1, -0.05) is 135 Å². The summed E-state index contributed by atoms with van der Waals surface area (Å²) < 4.78 is 16.4. The topological polar surface area (TPSA) is 175 Å². The number of benzene rings is 2. The van der Waals surface area contributed by atoms with Gasteiger partial charge in [-0.15, -0.1) is 0 Å². The largest absolute Gasteiger partial charge is 0.508 e. The minimum Gasteiger partial charge on any atom is -0.508 e. The highest BCUT2D eigenvalue weighted by Crippen LogP contribution is 2.68. The highest BCUT2D eigenvalue weighted by atomic mass is 33.1. The molecule has 4 spiro atoms. The van der Waals surface area contributed by atoms with Crippen molar-refractivity contribution >= 4 is 59.9 Å². The maximum atomic E-state index is 15.1. The molecule has 2 aromatic carbocycles. The molecule has 14 aliphatic rings. The van der Waals surface area contributed by atoms with Crippen LogP contribution in [-0.4, -0.2) is 71.3 Å². The molecule has 7 aliphatic heterocycles. The van der Waals surface area contributed by atoms with Crippen LogP contribution >= 0.6 is 43.2 Å². The zero-order valence-electron chi connectivity index (χ0n) is 45.2. The lowest BCUT2D eigenvalue weighted by molar-refractivity contribution is -0.127. The number of Topliss-reactive ketones (excluding diaryl/α,β-unsaturated/α-hetero) is 1. The first-order valence-corrected chi connectivity index (χ1v) is 34.9. The molecule has 14 bridgehead atoms. The Labute approximate surface area is 484 Å². The van der Waals surface area contributed by atoms with E-state index in [1.165, 1.54) is 47.9 Å². The molecule has 11 nitrogen and oxygen atoms in total. The van der Waals surface area contributed by atoms with Crippen LogP contribution in [0.15, 0.2) is 60.6 Å². The second-order valence-electron chi connectivity index (χ2n) is 26.5. The average molecular weight is 1150 g/mol. The Morgan fingerprint density at radius 1 is 0.950 bits per heavy atom. The van der Waals surface area contributed by atoms with Crippen molar-refractivity contribution in [2.45, 2.75) is 162 Å². The Morgan fingerprint density at radius 3 is 2.66 bits per heavy atom. The van der Waals surface area contributed by atoms with Crippen molar-refractivity contribution in [3.05, 3.63) is 99.5 Å². The van der Waals surface area contributed by atoms with Gasteiger partial charge in [0.2, 0.25) is 0 Å². The first-order chi connectivity index (χ1) is 39.0. The fourth-order valence-corrected chi connectivity index (χ4v) is 24.8. The summed E-state index contributed by atoms with van der Waals surface area (Å²) in [6.45, 7) is 0.703. The number of nitrogens with one attached hydrogen (secondary N) is 2. The van der Waals surface area contributed by atoms with Gasteiger partial charge in [-0.05, 0) is 121 Å². The van der Waals surface area contributed by atoms with Gasteiger partial charge >= 0.3 is 0 Å². The van der Waals surface area contributed by atoms with Crippen molar-refractivity contribution < 1.29 is 34.7 Å². The number of phenols is 1. The van der Waals surface area contributed by atoms with Crippen LogP contribution in [0.5, 0.6) is 17.2 Å². The molecule has 4 fully saturated rings. The standard InChI is InChI=1S/C65H72N4O7S4/c66-60-37-9-8-36-49(70)13-11-47-61-69-28-43-42(27-67-48(43)29-69)57-55(36)56(37)65(33-68-60,32-64(57)18-5-6-19-64)34-79-77-30-44-35(52(73)25-53(59(44)76-61)75-22-21-62(47)15-3-4-16-62)10-12-50(71)45-31-78-80-54-14-20-63-17-2-1-7-46(63)39-24-51(72)40(58(45)74)23-38(39)41(54)26-63/h8-9,14,20,23,25,27-29,39-41,45-47,49,51,54,57-58,60-61,67-68,70,72-74H,1-7,10,12,15-19,24,26,30-34,66H2/t39-,40-,41-,45-,46+,47-,49+,51+,54+,57+,58+,60-,61+,63+,65+/m0/s1. The molecule has 15 heteroatoms. The predicted molar refractivity (Wildman–Crippen MR) is 318 cm³/mol. The predicted octanol–water partition coefficient (Wildman–Crippen LogP) is 11.6. The number of phenolic OH excluding ortho intramolecular Hbond substituents is 1. The number of aliphatic hydroxyl groups is 3. The van der Waals surface area contributed by atoms with Crippen LogP contribution in [0.25, 0.3) is 10.9 Å². The number of allylic oxidation sites excluding steroid dienone is 2. The van der Waals surface area contributed by atoms with Crippen molar-refractivity contribution in [2.24, 2.45) is 57.5 Å². The highest BCUT2D eigenvalue weighted by molar-refractivity contribution is 8.77. The number of ether oxygens (including phenoxy) is 2. The third-order valence-electron chi connectivity index (χ3n) is 22.7. The van der Waals surface area contributed by atoms with E-state index < -0.39 is 47.7 Å². The van der Waals surface area contributed by atoms with Crippen LogP contribution in [-0.2, 0) is 22.4 Å². The second kappa shape index (κ2) is 19.3. The Hall–Kier alpha value is -3.87. The van der Waals surface area contributed by atoms with E-state index in [1.54, 1.807) is 27.7 Å². The normalized spacial score (nSPS) is 38.1. The van der Waals surface area contributed by atoms with Gasteiger partial charge in [0.1, 0.15) is 23.7 Å². The number of nitrogens with two attached hydrogens (primary N) is 1. The number of aromatic hydroxyl groups is 1. The molecule has 18 rings (SSSR count). The fourth-order valence-electron chi connectivity index (χ4n) is 19.1. The van der Waals surface area contributed by atoms with Crippen molar-refractivity contribution in [3.63, 3.8) is 0 Å². The smallest absolute Gasteiger partial charge is 0.191 e. The van der Waals surface area contributed by atoms with Gasteiger partial charge in [0.15, 0.2) is 17.7 Å². The fraction of sp³-hybridized carbons (Fsp3) is 0.585. The lowest BCUT2D eigenvalue weighted by Crippen LogP contribution is -2.56. The van der Waals surface area contributed by atoms with Crippen molar-refractivity contribution in [1.29, 1.82) is 0 Å². The molecule has 0 amide bonds. The van der Waals surface area contributed by atoms with E-state index in [2.05, 4.69) is 87.7 Å². The molecule has 80 heavy (non-hydrogen) atoms. The first-order valence-electron chi connectivity index (χ1n) is 30.1. The van der Waals surface area contributed by atoms with E-state index in [4.69, 9.17) is 15.2 Å². The molecule has 15 atom stereocenters. The summed E-state index contributed by atoms with van der Waals surface area (Å²) >= 11 is 0. The quantitative estimate of drug-likeness (QED) is 0.0585. The average Bonchev–Trinajstić information content (AvgIpc) is 4.38. The number of aromatic nitrogens is 2. The highest BCUT2D eigenvalue weighted by Gasteiger charge is 2.60. The minimum atomic E-state index is -1.09. The molecule has 9 heterocycles. The summed E-state index contributed by atoms with van der Waals surface area (Å²) in [5, 5.41) is 55.1. The number of nitrogens with zero attached hydrogens (tertiary/aromatic N) is 1. The zero-order valence-corrected chi connectivity index (χ0v) is 48.5. The SMILES string of the molecule is N[C@H]1NC[C@]23CSSCc4c(CCC(=O)[C@@H]5CSS[C@@H]6C=C[C@@]78CCCC[C@@H]7[C@H]7C[C@@H](O)[C@H](C=C7[C@@H]6C8)[C@H]5O)c(O)cc5c4O[C@@H]4[C@H](C#C[C@@H](O)c6ccc1c2c6[C@@H](c1c[nH]c2cn4cc12)C1(CCCC1)C3)C1(C#CO5)CCCC1. The van der Waals surface area contributed by atoms with Gasteiger partial charge < -0.3 is 45.2 Å². The molecule has 2 aromatic heterocycles. The van der Waals surface area contributed by atoms with Crippen molar-refractivity contribution in [3.8, 4) is 41.1 Å². The molecular formula is C65H72N4O7S4. The Morgan fingerprint density at radius 2 is 1.79 bits per heavy atom. The second-order valence-corrected chi connectivity index (χ2v) is 31.6. The number of ketones is 1. The number of carbonyl (C=O) groups is 1. The number of hydrogen-bond donors (Lipinski definition) is 7. The van der Waals surface area contributed by atoms with E-state index in [0.717, 1.165) is 97.6 Å². The minimum absolute atomic E-state index is 0.00482. The number of aliphatic hydroxyl groups excluding tert-OH is 3. The van der Waals surface area contributed by atoms with Crippen LogP contribution in [0, 0.1) is 75.6 Å². The summed E-state index contributed by atoms with van der Waals surface area (Å²) in [5.41, 5.74) is 15.7. The molecule has 4 saturated carbocycles. The van der Waals surface area contributed by atoms with Crippen LogP contribution in [0.3, 0.4) is 0 Å². The van der Waals surface area contributed by atoms with E-state index in [9.17, 15) is 20.4 Å². The van der Waals surface area contributed by atoms with Gasteiger partial charge in [0.05, 0.1) is 41.1 Å². The third kappa shape index (κ3) is 7.75. The van der Waals surface area contributed by atoms with Crippen molar-refractivity contribution in [2.75, 3.05) is 18.1 Å². The van der Waals surface area contributed by atoms with Crippen LogP contribution in [0.2, 0.25) is 0 Å². The lowest BCUT2D eigenvalue weighted by Gasteiger charge is -2.59. The van der Waals surface area contributed by atoms with Gasteiger partial charge in [-0.2, -0.15) is 0 Å². The molecule has 418 valence electrons. The first kappa shape index (κ1) is 51.7. The maximum absolute atomic E-state index is 15.1. The lowest BCUT2D eigenvalue weighted by atomic mass is 9.47. The molecule has 7 aliphatic carbocycles. The number of hydrogen-bond acceptors (Lipinski definition) is 13. The molecule has 0 unspecified atom stereocenters. The van der Waals surface area contributed by atoms with Gasteiger partial charge in [0.25, 0.3) is 0 Å². The summed E-state index contributed by atoms with van der Waals surface area (Å²) in [6, 6.07) is 5.89. The third-order valence-corrected chi connectivity index (χ3v) is 27.9. The zero-order chi connectivity index (χ0) is 53.9.